The van der Waals surface area contributed by atoms with Crippen molar-refractivity contribution in [3.63, 3.8) is 0 Å². The number of nitrogens with one attached hydrogen (secondary N) is 1. The average molecular weight is 380 g/mol. The van der Waals surface area contributed by atoms with E-state index in [1.165, 1.54) is 36.0 Å². The van der Waals surface area contributed by atoms with Gasteiger partial charge in [0.2, 0.25) is 0 Å². The Labute approximate surface area is 159 Å². The number of Topliss-reactive ketones (excluding diaryl/α,β-unsaturated/α-hetero) is 1. The zero-order valence-corrected chi connectivity index (χ0v) is 14.9. The number of nitrogens with zero attached hydrogens (tertiary/aromatic N) is 3. The summed E-state index contributed by atoms with van der Waals surface area (Å²) in [5.41, 5.74) is 1.08. The van der Waals surface area contributed by atoms with Gasteiger partial charge in [0.1, 0.15) is 0 Å². The molecule has 142 valence electrons. The van der Waals surface area contributed by atoms with E-state index in [0.717, 1.165) is 0 Å². The monoisotopic (exact) mass is 380 g/mol. The van der Waals surface area contributed by atoms with Crippen LogP contribution in [0.2, 0.25) is 0 Å². The number of amides is 1. The first-order chi connectivity index (χ1) is 13.4. The van der Waals surface area contributed by atoms with Crippen LogP contribution in [0.5, 0.6) is 5.75 Å². The normalized spacial score (nSPS) is 10.3. The first-order valence-corrected chi connectivity index (χ1v) is 8.26. The molecule has 0 spiro atoms. The maximum atomic E-state index is 12.3. The Bertz CT molecular complexity index is 1030. The zero-order chi connectivity index (χ0) is 20.1. The first kappa shape index (κ1) is 18.8. The number of carbonyl (C=O) groups is 2. The van der Waals surface area contributed by atoms with E-state index >= 15 is 0 Å². The summed E-state index contributed by atoms with van der Waals surface area (Å²) >= 11 is 0. The van der Waals surface area contributed by atoms with Crippen LogP contribution in [0.4, 0.5) is 11.4 Å². The minimum Gasteiger partial charge on any atom is -0.464 e. The molecular weight excluding hydrogens is 364 g/mol. The van der Waals surface area contributed by atoms with E-state index in [1.54, 1.807) is 36.4 Å². The lowest BCUT2D eigenvalue weighted by atomic mass is 10.1. The van der Waals surface area contributed by atoms with Gasteiger partial charge in [0.05, 0.1) is 4.92 Å². The lowest BCUT2D eigenvalue weighted by Gasteiger charge is -2.06. The highest BCUT2D eigenvalue weighted by Crippen LogP contribution is 2.26. The lowest BCUT2D eigenvalue weighted by Crippen LogP contribution is -2.14. The summed E-state index contributed by atoms with van der Waals surface area (Å²) in [6, 6.07) is 14.0. The Morgan fingerprint density at radius 3 is 2.54 bits per heavy atom. The molecule has 0 bridgehead atoms. The number of nitro groups is 1. The van der Waals surface area contributed by atoms with Crippen LogP contribution in [0, 0.1) is 10.1 Å². The summed E-state index contributed by atoms with van der Waals surface area (Å²) in [5.74, 6) is -0.380. The molecule has 0 saturated carbocycles. The van der Waals surface area contributed by atoms with Crippen molar-refractivity contribution in [3.8, 4) is 5.75 Å². The summed E-state index contributed by atoms with van der Waals surface area (Å²) in [6.45, 7) is 1.37. The molecule has 3 rings (SSSR count). The van der Waals surface area contributed by atoms with Crippen LogP contribution in [-0.2, 0) is 6.73 Å². The molecule has 0 aliphatic heterocycles. The fourth-order valence-corrected chi connectivity index (χ4v) is 2.40. The Balaban J connectivity index is 1.63. The van der Waals surface area contributed by atoms with Crippen molar-refractivity contribution in [2.75, 3.05) is 5.32 Å². The van der Waals surface area contributed by atoms with Crippen molar-refractivity contribution < 1.29 is 19.2 Å². The van der Waals surface area contributed by atoms with Crippen LogP contribution < -0.4 is 10.1 Å². The molecule has 1 amide bonds. The molecule has 0 fully saturated rings. The van der Waals surface area contributed by atoms with E-state index in [1.807, 2.05) is 0 Å². The minimum atomic E-state index is -0.533. The largest absolute Gasteiger partial charge is 0.464 e. The van der Waals surface area contributed by atoms with Crippen LogP contribution in [0.1, 0.15) is 27.8 Å². The Hall–Kier alpha value is -4.01. The van der Waals surface area contributed by atoms with Crippen molar-refractivity contribution in [1.29, 1.82) is 0 Å². The maximum Gasteiger partial charge on any atom is 0.311 e. The molecule has 0 atom stereocenters. The minimum absolute atomic E-state index is 0.0599. The fourth-order valence-electron chi connectivity index (χ4n) is 2.40. The predicted octanol–water partition coefficient (Wildman–Crippen LogP) is 3.28. The first-order valence-electron chi connectivity index (χ1n) is 8.26. The van der Waals surface area contributed by atoms with Gasteiger partial charge in [-0.25, -0.2) is 4.68 Å². The van der Waals surface area contributed by atoms with E-state index in [0.29, 0.717) is 11.3 Å². The number of para-hydroxylation sites is 2. The third-order valence-electron chi connectivity index (χ3n) is 3.84. The summed E-state index contributed by atoms with van der Waals surface area (Å²) in [5, 5.41) is 17.8. The molecule has 28 heavy (non-hydrogen) atoms. The van der Waals surface area contributed by atoms with Gasteiger partial charge in [-0.05, 0) is 43.3 Å². The zero-order valence-electron chi connectivity index (χ0n) is 14.9. The van der Waals surface area contributed by atoms with Crippen LogP contribution in [-0.4, -0.2) is 26.4 Å². The molecule has 9 nitrogen and oxygen atoms in total. The van der Waals surface area contributed by atoms with Crippen molar-refractivity contribution in [1.82, 2.24) is 9.78 Å². The number of anilines is 1. The standard InChI is InChI=1S/C19H16N4O5/c1-13(24)14-6-8-15(9-7-14)20-19(25)16-10-11-22(21-16)12-28-18-5-3-2-4-17(18)23(26)27/h2-11H,12H2,1H3,(H,20,25). The summed E-state index contributed by atoms with van der Waals surface area (Å²) in [6.07, 6.45) is 1.53. The van der Waals surface area contributed by atoms with E-state index in [2.05, 4.69) is 10.4 Å². The number of aromatic nitrogens is 2. The molecule has 1 N–H and O–H groups in total. The van der Waals surface area contributed by atoms with Crippen molar-refractivity contribution >= 4 is 23.1 Å². The van der Waals surface area contributed by atoms with Gasteiger partial charge < -0.3 is 10.1 Å². The molecule has 3 aromatic rings. The third kappa shape index (κ3) is 4.39. The van der Waals surface area contributed by atoms with Gasteiger partial charge in [0.15, 0.2) is 24.0 Å². The highest BCUT2D eigenvalue weighted by molar-refractivity contribution is 6.03. The molecule has 0 unspecified atom stereocenters. The van der Waals surface area contributed by atoms with E-state index in [-0.39, 0.29) is 29.6 Å². The third-order valence-corrected chi connectivity index (χ3v) is 3.84. The van der Waals surface area contributed by atoms with Crippen LogP contribution in [0.25, 0.3) is 0 Å². The fraction of sp³-hybridized carbons (Fsp3) is 0.105. The summed E-state index contributed by atoms with van der Waals surface area (Å²) in [7, 11) is 0. The number of hydrogen-bond donors (Lipinski definition) is 1. The van der Waals surface area contributed by atoms with E-state index in [4.69, 9.17) is 4.74 Å². The quantitative estimate of drug-likeness (QED) is 0.382. The summed E-state index contributed by atoms with van der Waals surface area (Å²) in [4.78, 5) is 34.0. The lowest BCUT2D eigenvalue weighted by molar-refractivity contribution is -0.386. The average Bonchev–Trinajstić information content (AvgIpc) is 3.16. The van der Waals surface area contributed by atoms with Crippen molar-refractivity contribution in [2.24, 2.45) is 0 Å². The maximum absolute atomic E-state index is 12.3. The molecule has 0 aliphatic rings. The Morgan fingerprint density at radius 2 is 1.86 bits per heavy atom. The van der Waals surface area contributed by atoms with Gasteiger partial charge in [-0.3, -0.25) is 19.7 Å². The number of benzene rings is 2. The Kier molecular flexibility index (Phi) is 5.45. The molecule has 1 heterocycles. The highest BCUT2D eigenvalue weighted by Gasteiger charge is 2.15. The number of ketones is 1. The topological polar surface area (TPSA) is 116 Å². The molecule has 0 radical (unpaired) electrons. The molecule has 1 aromatic heterocycles. The second-order valence-electron chi connectivity index (χ2n) is 5.83. The molecule has 9 heteroatoms. The SMILES string of the molecule is CC(=O)c1ccc(NC(=O)c2ccn(COc3ccccc3[N+](=O)[O-])n2)cc1. The van der Waals surface area contributed by atoms with Gasteiger partial charge in [0.25, 0.3) is 5.91 Å². The van der Waals surface area contributed by atoms with Gasteiger partial charge in [-0.15, -0.1) is 0 Å². The number of carbonyl (C=O) groups excluding carboxylic acids is 2. The number of rotatable bonds is 7. The smallest absolute Gasteiger partial charge is 0.311 e. The van der Waals surface area contributed by atoms with Crippen LogP contribution in [0.3, 0.4) is 0 Å². The van der Waals surface area contributed by atoms with Gasteiger partial charge in [-0.1, -0.05) is 12.1 Å². The van der Waals surface area contributed by atoms with Gasteiger partial charge in [0, 0.05) is 23.5 Å². The summed E-state index contributed by atoms with van der Waals surface area (Å²) < 4.78 is 6.78. The van der Waals surface area contributed by atoms with Crippen molar-refractivity contribution in [2.45, 2.75) is 13.7 Å². The Morgan fingerprint density at radius 1 is 1.14 bits per heavy atom. The molecule has 0 saturated heterocycles. The van der Waals surface area contributed by atoms with Gasteiger partial charge >= 0.3 is 5.69 Å². The van der Waals surface area contributed by atoms with E-state index < -0.39 is 10.8 Å². The number of ether oxygens (including phenoxy) is 1. The highest BCUT2D eigenvalue weighted by atomic mass is 16.6. The van der Waals surface area contributed by atoms with Crippen molar-refractivity contribution in [3.05, 3.63) is 82.2 Å². The van der Waals surface area contributed by atoms with E-state index in [9.17, 15) is 19.7 Å². The molecule has 2 aromatic carbocycles. The predicted molar refractivity (Wildman–Crippen MR) is 100 cm³/mol. The number of nitro benzene ring substituents is 1. The van der Waals surface area contributed by atoms with Gasteiger partial charge in [-0.2, -0.15) is 5.10 Å². The van der Waals surface area contributed by atoms with Crippen LogP contribution in [0.15, 0.2) is 60.8 Å². The second kappa shape index (κ2) is 8.12. The molecular formula is C19H16N4O5. The second-order valence-corrected chi connectivity index (χ2v) is 5.83. The number of hydrogen-bond acceptors (Lipinski definition) is 6. The van der Waals surface area contributed by atoms with Crippen LogP contribution >= 0.6 is 0 Å². The molecule has 0 aliphatic carbocycles.